The van der Waals surface area contributed by atoms with E-state index in [1.807, 2.05) is 11.3 Å². The van der Waals surface area contributed by atoms with E-state index in [2.05, 4.69) is 193 Å². The summed E-state index contributed by atoms with van der Waals surface area (Å²) >= 11 is 1.89. The first-order valence-electron chi connectivity index (χ1n) is 17.9. The monoisotopic (exact) mass is 677 g/mol. The van der Waals surface area contributed by atoms with Gasteiger partial charge in [-0.05, 0) is 79.7 Å². The van der Waals surface area contributed by atoms with E-state index >= 15 is 0 Å². The number of para-hydroxylation sites is 2. The van der Waals surface area contributed by atoms with Gasteiger partial charge in [-0.2, -0.15) is 0 Å². The molecule has 0 aliphatic heterocycles. The molecule has 0 N–H and O–H groups in total. The van der Waals surface area contributed by atoms with Gasteiger partial charge < -0.3 is 4.57 Å². The highest BCUT2D eigenvalue weighted by Gasteiger charge is 2.21. The summed E-state index contributed by atoms with van der Waals surface area (Å²) in [5.41, 5.74) is 11.1. The van der Waals surface area contributed by atoms with Crippen LogP contribution in [-0.2, 0) is 0 Å². The first-order chi connectivity index (χ1) is 25.8. The number of fused-ring (bicyclic) bond motifs is 8. The maximum Gasteiger partial charge on any atom is 0.0541 e. The first-order valence-corrected chi connectivity index (χ1v) is 18.7. The molecule has 11 rings (SSSR count). The van der Waals surface area contributed by atoms with Crippen LogP contribution in [0.2, 0.25) is 0 Å². The van der Waals surface area contributed by atoms with Crippen molar-refractivity contribution in [2.45, 2.75) is 0 Å². The summed E-state index contributed by atoms with van der Waals surface area (Å²) in [7, 11) is 0. The molecule has 0 bridgehead atoms. The Hall–Kier alpha value is -6.48. The smallest absolute Gasteiger partial charge is 0.0541 e. The van der Waals surface area contributed by atoms with E-state index in [0.717, 1.165) is 0 Å². The second-order valence-corrected chi connectivity index (χ2v) is 14.6. The molecular formula is C50H31NS. The van der Waals surface area contributed by atoms with Crippen LogP contribution in [-0.4, -0.2) is 4.57 Å². The number of aromatic nitrogens is 1. The molecule has 9 aromatic carbocycles. The third-order valence-corrected chi connectivity index (χ3v) is 12.0. The zero-order chi connectivity index (χ0) is 34.2. The van der Waals surface area contributed by atoms with Crippen LogP contribution >= 0.6 is 11.3 Å². The topological polar surface area (TPSA) is 4.93 Å². The lowest BCUT2D eigenvalue weighted by atomic mass is 9.85. The Balaban J connectivity index is 1.19. The molecule has 0 atom stereocenters. The summed E-state index contributed by atoms with van der Waals surface area (Å²) < 4.78 is 5.16. The summed E-state index contributed by atoms with van der Waals surface area (Å²) in [6, 6.07) is 69.1. The van der Waals surface area contributed by atoms with E-state index in [1.165, 1.54) is 103 Å². The van der Waals surface area contributed by atoms with Crippen molar-refractivity contribution in [1.82, 2.24) is 4.57 Å². The number of rotatable bonds is 4. The molecule has 11 aromatic rings. The number of benzene rings is 9. The predicted octanol–water partition coefficient (Wildman–Crippen LogP) is 14.5. The van der Waals surface area contributed by atoms with Crippen LogP contribution in [0.4, 0.5) is 0 Å². The molecule has 52 heavy (non-hydrogen) atoms. The van der Waals surface area contributed by atoms with Crippen LogP contribution in [0.15, 0.2) is 188 Å². The van der Waals surface area contributed by atoms with Gasteiger partial charge in [-0.3, -0.25) is 0 Å². The quantitative estimate of drug-likeness (QED) is 0.163. The molecule has 0 saturated heterocycles. The fourth-order valence-electron chi connectivity index (χ4n) is 8.59. The molecule has 2 aromatic heterocycles. The SMILES string of the molecule is c1ccc(-c2c3ccccc3c(-c3ccccc3-n3c4ccccc4c4cc(-c5cccc6c5sc5ccccc56)ccc43)c3ccccc23)cc1. The summed E-state index contributed by atoms with van der Waals surface area (Å²) in [6.07, 6.45) is 0. The minimum Gasteiger partial charge on any atom is -0.309 e. The van der Waals surface area contributed by atoms with E-state index < -0.39 is 0 Å². The maximum absolute atomic E-state index is 2.48. The largest absolute Gasteiger partial charge is 0.309 e. The molecule has 1 nitrogen and oxygen atoms in total. The minimum atomic E-state index is 1.18. The van der Waals surface area contributed by atoms with Crippen LogP contribution in [0, 0.1) is 0 Å². The molecular weight excluding hydrogens is 647 g/mol. The minimum absolute atomic E-state index is 1.18. The fraction of sp³-hybridized carbons (Fsp3) is 0. The molecule has 0 radical (unpaired) electrons. The lowest BCUT2D eigenvalue weighted by Crippen LogP contribution is -1.98. The fourth-order valence-corrected chi connectivity index (χ4v) is 9.83. The first kappa shape index (κ1) is 29.3. The average molecular weight is 678 g/mol. The van der Waals surface area contributed by atoms with E-state index in [0.29, 0.717) is 0 Å². The molecule has 0 fully saturated rings. The number of nitrogens with zero attached hydrogens (tertiary/aromatic N) is 1. The Morgan fingerprint density at radius 3 is 1.65 bits per heavy atom. The molecule has 2 heteroatoms. The number of thiophene rings is 1. The predicted molar refractivity (Wildman–Crippen MR) is 225 cm³/mol. The van der Waals surface area contributed by atoms with Gasteiger partial charge in [0.1, 0.15) is 0 Å². The third kappa shape index (κ3) is 4.28. The van der Waals surface area contributed by atoms with Crippen molar-refractivity contribution in [2.75, 3.05) is 0 Å². The summed E-state index contributed by atoms with van der Waals surface area (Å²) in [4.78, 5) is 0. The van der Waals surface area contributed by atoms with Gasteiger partial charge in [0, 0.05) is 36.5 Å². The van der Waals surface area contributed by atoms with Crippen LogP contribution in [0.3, 0.4) is 0 Å². The third-order valence-electron chi connectivity index (χ3n) is 10.8. The highest BCUT2D eigenvalue weighted by Crippen LogP contribution is 2.47. The van der Waals surface area contributed by atoms with Crippen LogP contribution in [0.5, 0.6) is 0 Å². The molecule has 0 aliphatic rings. The maximum atomic E-state index is 2.48. The molecule has 242 valence electrons. The van der Waals surface area contributed by atoms with Gasteiger partial charge >= 0.3 is 0 Å². The van der Waals surface area contributed by atoms with Crippen molar-refractivity contribution in [3.63, 3.8) is 0 Å². The zero-order valence-electron chi connectivity index (χ0n) is 28.3. The molecule has 0 unspecified atom stereocenters. The average Bonchev–Trinajstić information content (AvgIpc) is 3.76. The van der Waals surface area contributed by atoms with Crippen molar-refractivity contribution in [3.8, 4) is 39.1 Å². The standard InChI is InChI=1S/C50H31NS/c1-2-15-32(16-3-1)48-37-19-4-6-21-39(37)49(40-22-7-5-20-38(40)48)42-23-9-12-27-45(42)51-44-26-11-8-17-35(44)43-31-33(29-30-46(43)51)34-24-14-25-41-36-18-10-13-28-47(36)52-50(34)41/h1-31H. The Morgan fingerprint density at radius 1 is 0.327 bits per heavy atom. The molecule has 0 amide bonds. The van der Waals surface area contributed by atoms with Crippen LogP contribution in [0.1, 0.15) is 0 Å². The van der Waals surface area contributed by atoms with Crippen molar-refractivity contribution in [1.29, 1.82) is 0 Å². The van der Waals surface area contributed by atoms with E-state index in [1.54, 1.807) is 0 Å². The van der Waals surface area contributed by atoms with Crippen molar-refractivity contribution < 1.29 is 0 Å². The highest BCUT2D eigenvalue weighted by atomic mass is 32.1. The Morgan fingerprint density at radius 2 is 0.885 bits per heavy atom. The van der Waals surface area contributed by atoms with Gasteiger partial charge in [-0.1, -0.05) is 158 Å². The number of hydrogen-bond donors (Lipinski definition) is 0. The van der Waals surface area contributed by atoms with E-state index in [9.17, 15) is 0 Å². The molecule has 0 spiro atoms. The van der Waals surface area contributed by atoms with Gasteiger partial charge in [0.2, 0.25) is 0 Å². The van der Waals surface area contributed by atoms with Gasteiger partial charge in [0.05, 0.1) is 16.7 Å². The second-order valence-electron chi connectivity index (χ2n) is 13.6. The van der Waals surface area contributed by atoms with Crippen molar-refractivity contribution in [2.24, 2.45) is 0 Å². The van der Waals surface area contributed by atoms with Crippen LogP contribution in [0.25, 0.3) is 103 Å². The molecule has 0 saturated carbocycles. The zero-order valence-corrected chi connectivity index (χ0v) is 29.1. The van der Waals surface area contributed by atoms with E-state index in [-0.39, 0.29) is 0 Å². The summed E-state index contributed by atoms with van der Waals surface area (Å²) in [5, 5.41) is 10.2. The Bertz CT molecular complexity index is 3120. The number of hydrogen-bond acceptors (Lipinski definition) is 1. The summed E-state index contributed by atoms with van der Waals surface area (Å²) in [6.45, 7) is 0. The van der Waals surface area contributed by atoms with Gasteiger partial charge in [-0.25, -0.2) is 0 Å². The van der Waals surface area contributed by atoms with E-state index in [4.69, 9.17) is 0 Å². The normalized spacial score (nSPS) is 11.8. The highest BCUT2D eigenvalue weighted by molar-refractivity contribution is 7.26. The van der Waals surface area contributed by atoms with Gasteiger partial charge in [0.15, 0.2) is 0 Å². The van der Waals surface area contributed by atoms with Crippen LogP contribution < -0.4 is 0 Å². The lowest BCUT2D eigenvalue weighted by molar-refractivity contribution is 1.18. The second kappa shape index (κ2) is 11.5. The Kier molecular flexibility index (Phi) is 6.49. The van der Waals surface area contributed by atoms with Crippen molar-refractivity contribution >= 4 is 74.9 Å². The van der Waals surface area contributed by atoms with Gasteiger partial charge in [-0.15, -0.1) is 11.3 Å². The lowest BCUT2D eigenvalue weighted by Gasteiger charge is -2.20. The Labute approximate surface area is 305 Å². The summed E-state index contributed by atoms with van der Waals surface area (Å²) in [5.74, 6) is 0. The molecule has 2 heterocycles. The van der Waals surface area contributed by atoms with Gasteiger partial charge in [0.25, 0.3) is 0 Å². The molecule has 0 aliphatic carbocycles. The van der Waals surface area contributed by atoms with Crippen molar-refractivity contribution in [3.05, 3.63) is 188 Å².